The molecule has 0 saturated heterocycles. The molecule has 11 nitrogen and oxygen atoms in total. The summed E-state index contributed by atoms with van der Waals surface area (Å²) in [5, 5.41) is 12.8. The van der Waals surface area contributed by atoms with Crippen LogP contribution < -0.4 is 15.8 Å². The number of nitrogens with one attached hydrogen (secondary N) is 2. The van der Waals surface area contributed by atoms with E-state index in [9.17, 15) is 31.5 Å². The van der Waals surface area contributed by atoms with Crippen molar-refractivity contribution in [2.24, 2.45) is 5.92 Å². The predicted octanol–water partition coefficient (Wildman–Crippen LogP) is 3.55. The maximum atomic E-state index is 13.5. The van der Waals surface area contributed by atoms with Gasteiger partial charge < -0.3 is 16.2 Å². The molecule has 13 heteroatoms. The number of carbonyl (C=O) groups is 2. The highest BCUT2D eigenvalue weighted by atomic mass is 32.2. The topological polar surface area (TPSA) is 176 Å². The van der Waals surface area contributed by atoms with Crippen LogP contribution in [0.4, 0.5) is 5.69 Å². The summed E-state index contributed by atoms with van der Waals surface area (Å²) in [4.78, 5) is 25.5. The number of hydrogen-bond donors (Lipinski definition) is 4. The molecule has 0 radical (unpaired) electrons. The van der Waals surface area contributed by atoms with Gasteiger partial charge in [-0.05, 0) is 80.5 Å². The number of rotatable bonds is 17. The molecule has 0 fully saturated rings. The summed E-state index contributed by atoms with van der Waals surface area (Å²) in [6.45, 7) is 5.59. The number of nitrogens with zero attached hydrogens (tertiary/aromatic N) is 1. The van der Waals surface area contributed by atoms with Gasteiger partial charge in [-0.15, -0.1) is 0 Å². The van der Waals surface area contributed by atoms with Gasteiger partial charge in [-0.25, -0.2) is 16.8 Å². The third-order valence-corrected chi connectivity index (χ3v) is 10.5. The summed E-state index contributed by atoms with van der Waals surface area (Å²) in [5.74, 6) is -1.94. The highest BCUT2D eigenvalue weighted by molar-refractivity contribution is 7.89. The van der Waals surface area contributed by atoms with Crippen molar-refractivity contribution in [1.29, 1.82) is 0 Å². The molecule has 0 aliphatic carbocycles. The quantitative estimate of drug-likeness (QED) is 0.126. The average Bonchev–Trinajstić information content (AvgIpc) is 2.98. The molecule has 0 spiro atoms. The fraction of sp³-hybridized carbons (Fsp3) is 0.375. The third kappa shape index (κ3) is 10.4. The van der Waals surface area contributed by atoms with Crippen LogP contribution in [-0.4, -0.2) is 63.3 Å². The maximum absolute atomic E-state index is 13.5. The molecule has 2 atom stereocenters. The van der Waals surface area contributed by atoms with Gasteiger partial charge in [0.15, 0.2) is 0 Å². The summed E-state index contributed by atoms with van der Waals surface area (Å²) in [7, 11) is -8.14. The van der Waals surface area contributed by atoms with E-state index in [0.29, 0.717) is 18.5 Å². The molecule has 1 amide bonds. The Kier molecular flexibility index (Phi) is 12.7. The third-order valence-electron chi connectivity index (χ3n) is 7.10. The number of hydrogen-bond acceptors (Lipinski definition) is 7. The highest BCUT2D eigenvalue weighted by Crippen LogP contribution is 2.24. The molecular formula is C32H42N4O7S2. The monoisotopic (exact) mass is 658 g/mol. The van der Waals surface area contributed by atoms with Gasteiger partial charge in [0.1, 0.15) is 12.1 Å². The number of carbonyl (C=O) groups excluding carboxylic acids is 1. The minimum Gasteiger partial charge on any atom is -0.480 e. The minimum absolute atomic E-state index is 0.00268. The second-order valence-electron chi connectivity index (χ2n) is 11.4. The number of aliphatic carboxylic acids is 1. The number of unbranched alkanes of at least 4 members (excludes halogenated alkanes) is 1. The van der Waals surface area contributed by atoms with Crippen LogP contribution in [-0.2, 0) is 36.1 Å². The molecule has 3 aromatic carbocycles. The Labute approximate surface area is 265 Å². The van der Waals surface area contributed by atoms with Crippen molar-refractivity contribution in [2.45, 2.75) is 68.3 Å². The van der Waals surface area contributed by atoms with Gasteiger partial charge in [0.2, 0.25) is 26.0 Å². The molecular weight excluding hydrogens is 617 g/mol. The fourth-order valence-electron chi connectivity index (χ4n) is 4.73. The first-order chi connectivity index (χ1) is 21.2. The van der Waals surface area contributed by atoms with Crippen molar-refractivity contribution < 1.29 is 31.5 Å². The molecule has 3 aromatic rings. The number of nitrogen functional groups attached to an aromatic ring is 1. The lowest BCUT2D eigenvalue weighted by Crippen LogP contribution is -2.48. The lowest BCUT2D eigenvalue weighted by molar-refractivity contribution is -0.142. The first kappa shape index (κ1) is 35.7. The van der Waals surface area contributed by atoms with Crippen LogP contribution in [0.2, 0.25) is 0 Å². The van der Waals surface area contributed by atoms with Crippen LogP contribution in [0.3, 0.4) is 0 Å². The van der Waals surface area contributed by atoms with Crippen LogP contribution in [0, 0.1) is 12.8 Å². The van der Waals surface area contributed by atoms with E-state index in [1.165, 1.54) is 36.4 Å². The maximum Gasteiger partial charge on any atom is 0.322 e. The minimum atomic E-state index is -4.13. The number of amides is 1. The molecule has 0 aromatic heterocycles. The number of aryl methyl sites for hydroxylation is 1. The Morgan fingerprint density at radius 1 is 0.867 bits per heavy atom. The van der Waals surface area contributed by atoms with Gasteiger partial charge in [0, 0.05) is 18.8 Å². The second kappa shape index (κ2) is 16.0. The van der Waals surface area contributed by atoms with Crippen molar-refractivity contribution in [3.8, 4) is 0 Å². The van der Waals surface area contributed by atoms with E-state index >= 15 is 0 Å². The highest BCUT2D eigenvalue weighted by Gasteiger charge is 2.36. The zero-order chi connectivity index (χ0) is 33.2. The number of carboxylic acids is 1. The van der Waals surface area contributed by atoms with Gasteiger partial charge in [-0.2, -0.15) is 9.03 Å². The zero-order valence-electron chi connectivity index (χ0n) is 25.7. The Hall–Kier alpha value is -3.78. The standard InChI is InChI=1S/C32H42N4O7S2/c1-23(2)22-36(45(42,43)28-18-14-26(33)15-19-28)30(32(38)39)11-7-8-20-34-31(37)29(21-25-9-5-4-6-10-25)35-44(40,41)27-16-12-24(3)13-17-27/h4-6,9-10,12-19,23,29-30,35H,7-8,11,20-22,33H2,1-3H3,(H,34,37)(H,38,39)/t29-,30-/m0/s1. The summed E-state index contributed by atoms with van der Waals surface area (Å²) >= 11 is 0. The molecule has 0 unspecified atom stereocenters. The van der Waals surface area contributed by atoms with Gasteiger partial charge in [-0.1, -0.05) is 61.9 Å². The summed E-state index contributed by atoms with van der Waals surface area (Å²) in [6.07, 6.45) is 0.767. The van der Waals surface area contributed by atoms with Crippen LogP contribution in [0.25, 0.3) is 0 Å². The van der Waals surface area contributed by atoms with E-state index in [1.54, 1.807) is 50.2 Å². The first-order valence-corrected chi connectivity index (χ1v) is 17.6. The number of nitrogens with two attached hydrogens (primary N) is 1. The van der Waals surface area contributed by atoms with Crippen molar-refractivity contribution in [2.75, 3.05) is 18.8 Å². The normalized spacial score (nSPS) is 13.4. The van der Waals surface area contributed by atoms with Gasteiger partial charge >= 0.3 is 5.97 Å². The van der Waals surface area contributed by atoms with E-state index in [0.717, 1.165) is 15.4 Å². The number of sulfonamides is 2. The van der Waals surface area contributed by atoms with Crippen LogP contribution in [0.1, 0.15) is 44.2 Å². The van der Waals surface area contributed by atoms with Crippen LogP contribution in [0.5, 0.6) is 0 Å². The molecule has 0 bridgehead atoms. The fourth-order valence-corrected chi connectivity index (χ4v) is 7.70. The van der Waals surface area contributed by atoms with E-state index in [2.05, 4.69) is 10.0 Å². The molecule has 0 saturated carbocycles. The Morgan fingerprint density at radius 3 is 2.04 bits per heavy atom. The summed E-state index contributed by atoms with van der Waals surface area (Å²) in [5.41, 5.74) is 7.75. The molecule has 3 rings (SSSR count). The number of carboxylic acid groups (broad SMARTS) is 1. The van der Waals surface area contributed by atoms with Crippen molar-refractivity contribution in [3.63, 3.8) is 0 Å². The van der Waals surface area contributed by atoms with E-state index in [1.807, 2.05) is 13.0 Å². The lowest BCUT2D eigenvalue weighted by Gasteiger charge is -2.29. The molecule has 0 aliphatic rings. The lowest BCUT2D eigenvalue weighted by atomic mass is 10.1. The molecule has 5 N–H and O–H groups in total. The SMILES string of the molecule is Cc1ccc(S(=O)(=O)N[C@@H](Cc2ccccc2)C(=O)NCCCC[C@@H](C(=O)O)N(CC(C)C)S(=O)(=O)c2ccc(N)cc2)cc1. The molecule has 45 heavy (non-hydrogen) atoms. The van der Waals surface area contributed by atoms with Crippen molar-refractivity contribution in [3.05, 3.63) is 90.0 Å². The number of anilines is 1. The first-order valence-electron chi connectivity index (χ1n) is 14.7. The van der Waals surface area contributed by atoms with Crippen LogP contribution in [0.15, 0.2) is 88.7 Å². The smallest absolute Gasteiger partial charge is 0.322 e. The van der Waals surface area contributed by atoms with E-state index in [-0.39, 0.29) is 41.6 Å². The molecule has 244 valence electrons. The van der Waals surface area contributed by atoms with Gasteiger partial charge in [-0.3, -0.25) is 9.59 Å². The Morgan fingerprint density at radius 2 is 1.47 bits per heavy atom. The Bertz CT molecular complexity index is 1630. The summed E-state index contributed by atoms with van der Waals surface area (Å²) < 4.78 is 56.7. The number of benzene rings is 3. The van der Waals surface area contributed by atoms with Crippen LogP contribution >= 0.6 is 0 Å². The largest absolute Gasteiger partial charge is 0.480 e. The molecule has 0 aliphatic heterocycles. The second-order valence-corrected chi connectivity index (χ2v) is 15.0. The summed E-state index contributed by atoms with van der Waals surface area (Å²) in [6, 6.07) is 18.5. The predicted molar refractivity (Wildman–Crippen MR) is 173 cm³/mol. The Balaban J connectivity index is 1.67. The van der Waals surface area contributed by atoms with E-state index < -0.39 is 44.0 Å². The van der Waals surface area contributed by atoms with Gasteiger partial charge in [0.05, 0.1) is 9.79 Å². The van der Waals surface area contributed by atoms with E-state index in [4.69, 9.17) is 5.73 Å². The zero-order valence-corrected chi connectivity index (χ0v) is 27.4. The average molecular weight is 659 g/mol. The van der Waals surface area contributed by atoms with Gasteiger partial charge in [0.25, 0.3) is 0 Å². The molecule has 0 heterocycles. The van der Waals surface area contributed by atoms with Crippen molar-refractivity contribution >= 4 is 37.6 Å². The van der Waals surface area contributed by atoms with Crippen molar-refractivity contribution in [1.82, 2.24) is 14.3 Å².